The molecule has 0 saturated carbocycles. The van der Waals surface area contributed by atoms with Gasteiger partial charge in [0.25, 0.3) is 0 Å². The van der Waals surface area contributed by atoms with Gasteiger partial charge < -0.3 is 16.8 Å². The Hall–Kier alpha value is -1.39. The maximum absolute atomic E-state index is 11.7. The first-order chi connectivity index (χ1) is 8.74. The average Bonchev–Trinajstić information content (AvgIpc) is 2.40. The van der Waals surface area contributed by atoms with Gasteiger partial charge in [0.05, 0.1) is 6.04 Å². The van der Waals surface area contributed by atoms with Crippen LogP contribution in [0.2, 0.25) is 0 Å². The molecule has 1 rings (SSSR count). The molecule has 0 heterocycles. The van der Waals surface area contributed by atoms with E-state index in [0.29, 0.717) is 19.5 Å². The normalized spacial score (nSPS) is 11.5. The van der Waals surface area contributed by atoms with Crippen molar-refractivity contribution >= 4 is 5.91 Å². The molecule has 0 bridgehead atoms. The number of benzene rings is 1. The second kappa shape index (κ2) is 10.5. The lowest BCUT2D eigenvalue weighted by Gasteiger charge is -2.11. The van der Waals surface area contributed by atoms with E-state index in [1.807, 2.05) is 30.3 Å². The smallest absolute Gasteiger partial charge is 0.236 e. The van der Waals surface area contributed by atoms with E-state index in [2.05, 4.69) is 5.32 Å². The molecule has 0 fully saturated rings. The predicted molar refractivity (Wildman–Crippen MR) is 80.8 cm³/mol. The van der Waals surface area contributed by atoms with E-state index in [9.17, 15) is 4.79 Å². The zero-order valence-corrected chi connectivity index (χ0v) is 10.8. The number of unbranched alkanes of at least 4 members (excludes halogenated alkanes) is 1. The fourth-order valence-corrected chi connectivity index (χ4v) is 1.75. The Morgan fingerprint density at radius 3 is 2.53 bits per heavy atom. The van der Waals surface area contributed by atoms with Crippen LogP contribution in [0, 0.1) is 0 Å². The highest BCUT2D eigenvalue weighted by Gasteiger charge is 2.11. The number of amides is 1. The van der Waals surface area contributed by atoms with Crippen molar-refractivity contribution in [1.82, 2.24) is 5.32 Å². The van der Waals surface area contributed by atoms with Crippen LogP contribution >= 0.6 is 0 Å². The molecule has 0 aromatic heterocycles. The van der Waals surface area contributed by atoms with Crippen LogP contribution in [0.3, 0.4) is 0 Å². The van der Waals surface area contributed by atoms with Crippen molar-refractivity contribution in [3.8, 4) is 0 Å². The fraction of sp³-hybridized carbons (Fsp3) is 0.533. The van der Waals surface area contributed by atoms with Crippen molar-refractivity contribution in [2.24, 2.45) is 11.5 Å². The number of hydrogen-bond donors (Lipinski definition) is 3. The van der Waals surface area contributed by atoms with Crippen molar-refractivity contribution in [2.75, 3.05) is 13.1 Å². The third-order valence-corrected chi connectivity index (χ3v) is 2.86. The maximum atomic E-state index is 11.7. The molecule has 4 nitrogen and oxygen atoms in total. The first kappa shape index (κ1) is 17.6. The fourth-order valence-electron chi connectivity index (χ4n) is 1.75. The summed E-state index contributed by atoms with van der Waals surface area (Å²) in [5.41, 5.74) is 12.4. The SMILES string of the molecule is C.NCCCC[C@H](N)C(=O)NCCc1ccccc1. The Morgan fingerprint density at radius 2 is 1.89 bits per heavy atom. The number of carbonyl (C=O) groups excluding carboxylic acids is 1. The lowest BCUT2D eigenvalue weighted by atomic mass is 10.1. The van der Waals surface area contributed by atoms with Crippen LogP contribution in [-0.2, 0) is 11.2 Å². The Bertz CT molecular complexity index is 341. The van der Waals surface area contributed by atoms with Gasteiger partial charge in [0, 0.05) is 6.54 Å². The van der Waals surface area contributed by atoms with Gasteiger partial charge in [0.15, 0.2) is 0 Å². The number of nitrogens with two attached hydrogens (primary N) is 2. The quantitative estimate of drug-likeness (QED) is 0.622. The topological polar surface area (TPSA) is 81.1 Å². The molecule has 0 aliphatic heterocycles. The molecule has 0 spiro atoms. The molecule has 1 aromatic carbocycles. The van der Waals surface area contributed by atoms with E-state index < -0.39 is 6.04 Å². The zero-order valence-electron chi connectivity index (χ0n) is 10.8. The van der Waals surface area contributed by atoms with Crippen molar-refractivity contribution in [1.29, 1.82) is 0 Å². The minimum absolute atomic E-state index is 0. The highest BCUT2D eigenvalue weighted by molar-refractivity contribution is 5.81. The summed E-state index contributed by atoms with van der Waals surface area (Å²) in [6, 6.07) is 9.66. The van der Waals surface area contributed by atoms with E-state index >= 15 is 0 Å². The van der Waals surface area contributed by atoms with Gasteiger partial charge in [-0.05, 0) is 31.4 Å². The van der Waals surface area contributed by atoms with Gasteiger partial charge >= 0.3 is 0 Å². The lowest BCUT2D eigenvalue weighted by molar-refractivity contribution is -0.122. The summed E-state index contributed by atoms with van der Waals surface area (Å²) < 4.78 is 0. The van der Waals surface area contributed by atoms with E-state index in [1.165, 1.54) is 5.56 Å². The molecule has 1 aromatic rings. The Labute approximate surface area is 116 Å². The number of hydrogen-bond acceptors (Lipinski definition) is 3. The van der Waals surface area contributed by atoms with Gasteiger partial charge in [0.2, 0.25) is 5.91 Å². The molecular formula is C15H27N3O. The summed E-state index contributed by atoms with van der Waals surface area (Å²) in [6.45, 7) is 1.29. The number of nitrogens with one attached hydrogen (secondary N) is 1. The van der Waals surface area contributed by atoms with Crippen molar-refractivity contribution < 1.29 is 4.79 Å². The Kier molecular flexibility index (Phi) is 9.75. The molecule has 4 heteroatoms. The Balaban J connectivity index is 0.00000324. The second-order valence-corrected chi connectivity index (χ2v) is 4.42. The van der Waals surface area contributed by atoms with Crippen LogP contribution in [0.4, 0.5) is 0 Å². The first-order valence-electron chi connectivity index (χ1n) is 6.51. The molecule has 19 heavy (non-hydrogen) atoms. The standard InChI is InChI=1S/C14H23N3O.CH4/c15-10-5-4-8-13(16)14(18)17-11-9-12-6-2-1-3-7-12;/h1-3,6-7,13H,4-5,8-11,15-16H2,(H,17,18);1H4/t13-;/m0./s1. The molecular weight excluding hydrogens is 238 g/mol. The van der Waals surface area contributed by atoms with Crippen LogP contribution in [0.5, 0.6) is 0 Å². The van der Waals surface area contributed by atoms with Crippen molar-refractivity contribution in [3.05, 3.63) is 35.9 Å². The van der Waals surface area contributed by atoms with Crippen LogP contribution in [0.1, 0.15) is 32.3 Å². The number of carbonyl (C=O) groups is 1. The molecule has 108 valence electrons. The van der Waals surface area contributed by atoms with Crippen LogP contribution in [0.15, 0.2) is 30.3 Å². The Morgan fingerprint density at radius 1 is 1.21 bits per heavy atom. The lowest BCUT2D eigenvalue weighted by Crippen LogP contribution is -2.41. The minimum Gasteiger partial charge on any atom is -0.354 e. The van der Waals surface area contributed by atoms with E-state index in [1.54, 1.807) is 0 Å². The van der Waals surface area contributed by atoms with E-state index in [4.69, 9.17) is 11.5 Å². The van der Waals surface area contributed by atoms with Gasteiger partial charge in [-0.15, -0.1) is 0 Å². The summed E-state index contributed by atoms with van der Waals surface area (Å²) >= 11 is 0. The largest absolute Gasteiger partial charge is 0.354 e. The maximum Gasteiger partial charge on any atom is 0.236 e. The van der Waals surface area contributed by atoms with Crippen LogP contribution in [0.25, 0.3) is 0 Å². The molecule has 0 radical (unpaired) electrons. The molecule has 0 aliphatic rings. The molecule has 0 unspecified atom stereocenters. The van der Waals surface area contributed by atoms with E-state index in [0.717, 1.165) is 19.3 Å². The van der Waals surface area contributed by atoms with Gasteiger partial charge in [-0.3, -0.25) is 4.79 Å². The first-order valence-corrected chi connectivity index (χ1v) is 6.51. The summed E-state index contributed by atoms with van der Waals surface area (Å²) in [7, 11) is 0. The molecule has 0 aliphatic carbocycles. The van der Waals surface area contributed by atoms with Crippen molar-refractivity contribution in [3.63, 3.8) is 0 Å². The van der Waals surface area contributed by atoms with Crippen LogP contribution < -0.4 is 16.8 Å². The van der Waals surface area contributed by atoms with E-state index in [-0.39, 0.29) is 13.3 Å². The third-order valence-electron chi connectivity index (χ3n) is 2.86. The zero-order chi connectivity index (χ0) is 13.2. The molecule has 0 saturated heterocycles. The predicted octanol–water partition coefficient (Wildman–Crippen LogP) is 1.44. The minimum atomic E-state index is -0.410. The van der Waals surface area contributed by atoms with Gasteiger partial charge in [-0.1, -0.05) is 44.2 Å². The second-order valence-electron chi connectivity index (χ2n) is 4.42. The molecule has 5 N–H and O–H groups in total. The molecule has 1 atom stereocenters. The highest BCUT2D eigenvalue weighted by Crippen LogP contribution is 2.00. The summed E-state index contributed by atoms with van der Waals surface area (Å²) in [6.07, 6.45) is 3.37. The summed E-state index contributed by atoms with van der Waals surface area (Å²) in [5.74, 6) is -0.0667. The van der Waals surface area contributed by atoms with Gasteiger partial charge in [-0.2, -0.15) is 0 Å². The van der Waals surface area contributed by atoms with Gasteiger partial charge in [-0.25, -0.2) is 0 Å². The van der Waals surface area contributed by atoms with Gasteiger partial charge in [0.1, 0.15) is 0 Å². The molecule has 1 amide bonds. The average molecular weight is 265 g/mol. The number of rotatable bonds is 8. The monoisotopic (exact) mass is 265 g/mol. The van der Waals surface area contributed by atoms with Crippen LogP contribution in [-0.4, -0.2) is 25.0 Å². The highest BCUT2D eigenvalue weighted by atomic mass is 16.2. The summed E-state index contributed by atoms with van der Waals surface area (Å²) in [4.78, 5) is 11.7. The third kappa shape index (κ3) is 7.59. The summed E-state index contributed by atoms with van der Waals surface area (Å²) in [5, 5.41) is 2.86. The van der Waals surface area contributed by atoms with Crippen molar-refractivity contribution in [2.45, 2.75) is 39.2 Å².